The van der Waals surface area contributed by atoms with Crippen LogP contribution in [0.3, 0.4) is 0 Å². The van der Waals surface area contributed by atoms with Gasteiger partial charge in [0, 0.05) is 23.3 Å². The molecule has 0 bridgehead atoms. The number of nitrogens with one attached hydrogen (secondary N) is 2. The topological polar surface area (TPSA) is 88.9 Å². The van der Waals surface area contributed by atoms with Crippen LogP contribution >= 0.6 is 35.0 Å². The molecule has 0 aliphatic rings. The predicted octanol–water partition coefficient (Wildman–Crippen LogP) is 4.97. The lowest BCUT2D eigenvalue weighted by atomic mass is 10.2. The van der Waals surface area contributed by atoms with Crippen molar-refractivity contribution < 1.29 is 14.0 Å². The van der Waals surface area contributed by atoms with Crippen molar-refractivity contribution in [2.45, 2.75) is 18.2 Å². The van der Waals surface area contributed by atoms with E-state index in [1.54, 1.807) is 28.9 Å². The first kappa shape index (κ1) is 25.5. The van der Waals surface area contributed by atoms with Crippen LogP contribution in [0.25, 0.3) is 6.08 Å². The SMILES string of the molecule is C=CCn1c(CNC(=O)/C=C/c2ccccc2Cl)nnc1SCC(=O)Nc1ccc(F)c(Cl)c1. The van der Waals surface area contributed by atoms with Gasteiger partial charge >= 0.3 is 0 Å². The van der Waals surface area contributed by atoms with E-state index >= 15 is 0 Å². The summed E-state index contributed by atoms with van der Waals surface area (Å²) in [6, 6.07) is 11.1. The number of hydrogen-bond donors (Lipinski definition) is 2. The normalized spacial score (nSPS) is 10.9. The molecule has 0 unspecified atom stereocenters. The fraction of sp³-hybridized carbons (Fsp3) is 0.130. The number of anilines is 1. The number of rotatable bonds is 10. The number of nitrogens with zero attached hydrogens (tertiary/aromatic N) is 3. The zero-order chi connectivity index (χ0) is 24.5. The fourth-order valence-electron chi connectivity index (χ4n) is 2.77. The zero-order valence-electron chi connectivity index (χ0n) is 17.8. The van der Waals surface area contributed by atoms with Gasteiger partial charge in [0.25, 0.3) is 0 Å². The highest BCUT2D eigenvalue weighted by Gasteiger charge is 2.14. The maximum Gasteiger partial charge on any atom is 0.244 e. The van der Waals surface area contributed by atoms with Crippen LogP contribution in [0, 0.1) is 5.82 Å². The Labute approximate surface area is 210 Å². The van der Waals surface area contributed by atoms with Crippen LogP contribution in [0.2, 0.25) is 10.0 Å². The van der Waals surface area contributed by atoms with Gasteiger partial charge in [0.2, 0.25) is 11.8 Å². The average Bonchev–Trinajstić information content (AvgIpc) is 3.20. The highest BCUT2D eigenvalue weighted by molar-refractivity contribution is 7.99. The number of amides is 2. The smallest absolute Gasteiger partial charge is 0.244 e. The van der Waals surface area contributed by atoms with E-state index in [-0.39, 0.29) is 29.1 Å². The molecule has 0 aliphatic carbocycles. The van der Waals surface area contributed by atoms with Crippen molar-refractivity contribution in [3.8, 4) is 0 Å². The zero-order valence-corrected chi connectivity index (χ0v) is 20.1. The van der Waals surface area contributed by atoms with E-state index in [1.807, 2.05) is 12.1 Å². The number of aromatic nitrogens is 3. The number of carbonyl (C=O) groups excluding carboxylic acids is 2. The summed E-state index contributed by atoms with van der Waals surface area (Å²) in [7, 11) is 0. The van der Waals surface area contributed by atoms with Crippen LogP contribution in [0.1, 0.15) is 11.4 Å². The quantitative estimate of drug-likeness (QED) is 0.224. The number of allylic oxidation sites excluding steroid dienone is 1. The Kier molecular flexibility index (Phi) is 9.26. The molecular weight excluding hydrogens is 500 g/mol. The third kappa shape index (κ3) is 7.18. The molecule has 0 atom stereocenters. The molecule has 3 aromatic rings. The maximum absolute atomic E-state index is 13.3. The molecule has 7 nitrogen and oxygen atoms in total. The van der Waals surface area contributed by atoms with Crippen LogP contribution in [0.15, 0.2) is 66.4 Å². The van der Waals surface area contributed by atoms with Crippen molar-refractivity contribution in [1.82, 2.24) is 20.1 Å². The standard InChI is InChI=1S/C23H20Cl2FN5O2S/c1-2-11-31-20(13-27-21(32)10-7-15-5-3-4-6-17(15)24)29-30-23(31)34-14-22(33)28-16-8-9-19(26)18(25)12-16/h2-10,12H,1,11,13-14H2,(H,27,32)(H,28,33)/b10-7+. The third-order valence-electron chi connectivity index (χ3n) is 4.38. The van der Waals surface area contributed by atoms with Crippen molar-refractivity contribution >= 4 is 58.5 Å². The van der Waals surface area contributed by atoms with Crippen molar-refractivity contribution in [1.29, 1.82) is 0 Å². The van der Waals surface area contributed by atoms with Gasteiger partial charge in [-0.05, 0) is 35.9 Å². The molecule has 1 heterocycles. The van der Waals surface area contributed by atoms with Crippen LogP contribution < -0.4 is 10.6 Å². The molecule has 2 N–H and O–H groups in total. The second-order valence-electron chi connectivity index (χ2n) is 6.84. The van der Waals surface area contributed by atoms with Gasteiger partial charge in [-0.3, -0.25) is 9.59 Å². The summed E-state index contributed by atoms with van der Waals surface area (Å²) in [5, 5.41) is 14.6. The lowest BCUT2D eigenvalue weighted by molar-refractivity contribution is -0.116. The Bertz CT molecular complexity index is 1230. The van der Waals surface area contributed by atoms with Gasteiger partial charge < -0.3 is 15.2 Å². The molecule has 2 amide bonds. The molecule has 0 spiro atoms. The first-order chi connectivity index (χ1) is 16.4. The molecule has 0 saturated carbocycles. The molecule has 2 aromatic carbocycles. The molecule has 34 heavy (non-hydrogen) atoms. The Morgan fingerprint density at radius 3 is 2.68 bits per heavy atom. The summed E-state index contributed by atoms with van der Waals surface area (Å²) in [4.78, 5) is 24.5. The summed E-state index contributed by atoms with van der Waals surface area (Å²) < 4.78 is 15.0. The van der Waals surface area contributed by atoms with Gasteiger partial charge in [0.05, 0.1) is 17.3 Å². The molecule has 11 heteroatoms. The summed E-state index contributed by atoms with van der Waals surface area (Å²) in [5.74, 6) is -0.657. The summed E-state index contributed by atoms with van der Waals surface area (Å²) >= 11 is 13.0. The van der Waals surface area contributed by atoms with Crippen LogP contribution in [-0.2, 0) is 22.7 Å². The maximum atomic E-state index is 13.3. The second kappa shape index (κ2) is 12.4. The Hall–Kier alpha value is -3.14. The van der Waals surface area contributed by atoms with Gasteiger partial charge in [-0.15, -0.1) is 16.8 Å². The lowest BCUT2D eigenvalue weighted by Crippen LogP contribution is -2.23. The van der Waals surface area contributed by atoms with E-state index in [0.717, 1.165) is 5.56 Å². The highest BCUT2D eigenvalue weighted by Crippen LogP contribution is 2.21. The minimum Gasteiger partial charge on any atom is -0.345 e. The van der Waals surface area contributed by atoms with E-state index in [1.165, 1.54) is 36.0 Å². The van der Waals surface area contributed by atoms with E-state index < -0.39 is 5.82 Å². The van der Waals surface area contributed by atoms with Gasteiger partial charge in [-0.2, -0.15) is 0 Å². The third-order valence-corrected chi connectivity index (χ3v) is 5.98. The predicted molar refractivity (Wildman–Crippen MR) is 133 cm³/mol. The van der Waals surface area contributed by atoms with Crippen LogP contribution in [0.4, 0.5) is 10.1 Å². The Morgan fingerprint density at radius 1 is 1.15 bits per heavy atom. The summed E-state index contributed by atoms with van der Waals surface area (Å²) in [6.45, 7) is 4.26. The summed E-state index contributed by atoms with van der Waals surface area (Å²) in [5.41, 5.74) is 1.12. The first-order valence-corrected chi connectivity index (χ1v) is 11.7. The molecule has 0 saturated heterocycles. The largest absolute Gasteiger partial charge is 0.345 e. The van der Waals surface area contributed by atoms with Gasteiger partial charge in [0.1, 0.15) is 5.82 Å². The van der Waals surface area contributed by atoms with Gasteiger partial charge in [-0.25, -0.2) is 4.39 Å². The lowest BCUT2D eigenvalue weighted by Gasteiger charge is -2.09. The van der Waals surface area contributed by atoms with E-state index in [0.29, 0.717) is 28.2 Å². The van der Waals surface area contributed by atoms with Crippen molar-refractivity contribution in [2.24, 2.45) is 0 Å². The molecule has 176 valence electrons. The van der Waals surface area contributed by atoms with Gasteiger partial charge in [-0.1, -0.05) is 59.2 Å². The molecule has 0 fully saturated rings. The van der Waals surface area contributed by atoms with E-state index in [2.05, 4.69) is 27.4 Å². The molecule has 0 aliphatic heterocycles. The fourth-order valence-corrected chi connectivity index (χ4v) is 3.92. The first-order valence-electron chi connectivity index (χ1n) is 9.98. The van der Waals surface area contributed by atoms with Crippen molar-refractivity contribution in [3.05, 3.63) is 88.4 Å². The van der Waals surface area contributed by atoms with E-state index in [9.17, 15) is 14.0 Å². The van der Waals surface area contributed by atoms with Crippen LogP contribution in [-0.4, -0.2) is 32.3 Å². The highest BCUT2D eigenvalue weighted by atomic mass is 35.5. The van der Waals surface area contributed by atoms with Crippen LogP contribution in [0.5, 0.6) is 0 Å². The van der Waals surface area contributed by atoms with Crippen molar-refractivity contribution in [2.75, 3.05) is 11.1 Å². The number of benzene rings is 2. The Balaban J connectivity index is 1.57. The Morgan fingerprint density at radius 2 is 1.94 bits per heavy atom. The molecule has 1 aromatic heterocycles. The molecular formula is C23H20Cl2FN5O2S. The monoisotopic (exact) mass is 519 g/mol. The average molecular weight is 520 g/mol. The van der Waals surface area contributed by atoms with Gasteiger partial charge in [0.15, 0.2) is 11.0 Å². The second-order valence-corrected chi connectivity index (χ2v) is 8.59. The van der Waals surface area contributed by atoms with E-state index in [4.69, 9.17) is 23.2 Å². The van der Waals surface area contributed by atoms with Crippen molar-refractivity contribution in [3.63, 3.8) is 0 Å². The minimum atomic E-state index is -0.564. The number of carbonyl (C=O) groups is 2. The summed E-state index contributed by atoms with van der Waals surface area (Å²) in [6.07, 6.45) is 4.67. The molecule has 0 radical (unpaired) electrons. The minimum absolute atomic E-state index is 0.0389. The number of halogens is 3. The molecule has 3 rings (SSSR count). The number of thioether (sulfide) groups is 1. The number of hydrogen-bond acceptors (Lipinski definition) is 5.